The lowest BCUT2D eigenvalue weighted by molar-refractivity contribution is 0.0508. The van der Waals surface area contributed by atoms with Crippen molar-refractivity contribution in [3.05, 3.63) is 35.5 Å². The van der Waals surface area contributed by atoms with Gasteiger partial charge < -0.3 is 10.0 Å². The first kappa shape index (κ1) is 13.2. The van der Waals surface area contributed by atoms with Crippen LogP contribution in [0.2, 0.25) is 5.02 Å². The van der Waals surface area contributed by atoms with Gasteiger partial charge in [0.1, 0.15) is 0 Å². The molecule has 2 bridgehead atoms. The van der Waals surface area contributed by atoms with Crippen LogP contribution in [0.3, 0.4) is 0 Å². The topological polar surface area (TPSA) is 41.3 Å². The summed E-state index contributed by atoms with van der Waals surface area (Å²) in [6.45, 7) is 3.46. The van der Waals surface area contributed by atoms with Crippen molar-refractivity contribution in [1.29, 1.82) is 0 Å². The van der Waals surface area contributed by atoms with Crippen molar-refractivity contribution in [2.75, 3.05) is 19.6 Å². The zero-order chi connectivity index (χ0) is 14.4. The summed E-state index contributed by atoms with van der Waals surface area (Å²) in [5.74, 6) is 0.793. The maximum Gasteiger partial charge on any atom is 0.238 e. The lowest BCUT2D eigenvalue weighted by Crippen LogP contribution is -2.48. The van der Waals surface area contributed by atoms with Gasteiger partial charge in [0.05, 0.1) is 11.6 Å². The molecule has 3 aliphatic rings. The predicted octanol–water partition coefficient (Wildman–Crippen LogP) is 3.18. The number of aromatic nitrogens is 2. The van der Waals surface area contributed by atoms with Crippen LogP contribution in [0, 0.1) is 5.92 Å². The zero-order valence-electron chi connectivity index (χ0n) is 11.7. The van der Waals surface area contributed by atoms with E-state index in [0.717, 1.165) is 17.7 Å². The lowest BCUT2D eigenvalue weighted by Gasteiger charge is -2.44. The van der Waals surface area contributed by atoms with Gasteiger partial charge in [-0.15, -0.1) is 5.10 Å². The average molecular weight is 304 g/mol. The Morgan fingerprint density at radius 2 is 1.86 bits per heavy atom. The number of hydrogen-bond acceptors (Lipinski definition) is 3. The first-order valence-electron chi connectivity index (χ1n) is 7.47. The Hall–Kier alpha value is -1.52. The predicted molar refractivity (Wildman–Crippen MR) is 82.5 cm³/mol. The van der Waals surface area contributed by atoms with E-state index in [1.807, 2.05) is 35.1 Å². The Bertz CT molecular complexity index is 644. The summed E-state index contributed by atoms with van der Waals surface area (Å²) in [6.07, 6.45) is 4.45. The molecule has 1 atom stereocenters. The summed E-state index contributed by atoms with van der Waals surface area (Å²) < 4.78 is 1.97. The van der Waals surface area contributed by atoms with Gasteiger partial charge in [-0.3, -0.25) is 4.68 Å². The molecule has 1 aromatic heterocycles. The molecular formula is C16H18ClN3O. The van der Waals surface area contributed by atoms with Gasteiger partial charge in [-0.05, 0) is 49.5 Å². The van der Waals surface area contributed by atoms with Crippen molar-refractivity contribution in [3.8, 4) is 17.0 Å². The van der Waals surface area contributed by atoms with E-state index in [9.17, 15) is 5.11 Å². The maximum absolute atomic E-state index is 10.2. The van der Waals surface area contributed by atoms with Crippen LogP contribution in [0.15, 0.2) is 30.5 Å². The van der Waals surface area contributed by atoms with Gasteiger partial charge in [0.2, 0.25) is 5.88 Å². The van der Waals surface area contributed by atoms with Gasteiger partial charge in [0, 0.05) is 17.8 Å². The third-order valence-electron chi connectivity index (χ3n) is 4.83. The Labute approximate surface area is 128 Å². The maximum atomic E-state index is 10.2. The number of nitrogens with zero attached hydrogens (tertiary/aromatic N) is 3. The number of piperidine rings is 3. The summed E-state index contributed by atoms with van der Waals surface area (Å²) in [5.41, 5.74) is 1.73. The number of aromatic hydroxyl groups is 1. The number of hydrogen-bond donors (Lipinski definition) is 1. The molecule has 1 aromatic carbocycles. The summed E-state index contributed by atoms with van der Waals surface area (Å²) in [6, 6.07) is 7.89. The summed E-state index contributed by atoms with van der Waals surface area (Å²) in [4.78, 5) is 2.49. The number of benzene rings is 1. The molecule has 0 amide bonds. The molecule has 0 aliphatic carbocycles. The van der Waals surface area contributed by atoms with E-state index in [1.54, 1.807) is 0 Å². The van der Waals surface area contributed by atoms with Crippen molar-refractivity contribution < 1.29 is 5.11 Å². The lowest BCUT2D eigenvalue weighted by atomic mass is 9.84. The van der Waals surface area contributed by atoms with Crippen molar-refractivity contribution in [3.63, 3.8) is 0 Å². The zero-order valence-corrected chi connectivity index (χ0v) is 12.5. The molecule has 110 valence electrons. The van der Waals surface area contributed by atoms with Gasteiger partial charge in [-0.1, -0.05) is 23.7 Å². The van der Waals surface area contributed by atoms with Crippen molar-refractivity contribution in [2.24, 2.45) is 5.92 Å². The van der Waals surface area contributed by atoms with Crippen LogP contribution >= 0.6 is 11.6 Å². The highest BCUT2D eigenvalue weighted by atomic mass is 35.5. The van der Waals surface area contributed by atoms with E-state index < -0.39 is 0 Å². The first-order chi connectivity index (χ1) is 10.2. The van der Waals surface area contributed by atoms with Crippen LogP contribution in [0.4, 0.5) is 0 Å². The standard InChI is InChI=1S/C16H18ClN3O/c17-13-3-1-11(2-4-13)14-9-20(18-16(14)21)15-10-19-7-5-12(15)6-8-19/h1-4,9,12,15H,5-8,10H2,(H,18,21). The van der Waals surface area contributed by atoms with Gasteiger partial charge >= 0.3 is 0 Å². The second kappa shape index (κ2) is 5.04. The fourth-order valence-electron chi connectivity index (χ4n) is 3.62. The largest absolute Gasteiger partial charge is 0.492 e. The van der Waals surface area contributed by atoms with Gasteiger partial charge in [0.15, 0.2) is 0 Å². The molecule has 0 saturated carbocycles. The van der Waals surface area contributed by atoms with Crippen LogP contribution in [-0.2, 0) is 0 Å². The molecule has 21 heavy (non-hydrogen) atoms. The van der Waals surface area contributed by atoms with Crippen LogP contribution in [0.25, 0.3) is 11.1 Å². The smallest absolute Gasteiger partial charge is 0.238 e. The Kier molecular flexibility index (Phi) is 3.16. The number of fused-ring (bicyclic) bond motifs is 3. The monoisotopic (exact) mass is 303 g/mol. The first-order valence-corrected chi connectivity index (χ1v) is 7.85. The van der Waals surface area contributed by atoms with Crippen LogP contribution in [0.1, 0.15) is 18.9 Å². The van der Waals surface area contributed by atoms with E-state index in [4.69, 9.17) is 11.6 Å². The van der Waals surface area contributed by atoms with Crippen molar-refractivity contribution in [1.82, 2.24) is 14.7 Å². The third-order valence-corrected chi connectivity index (χ3v) is 5.08. The molecule has 2 aromatic rings. The molecule has 5 rings (SSSR count). The highest BCUT2D eigenvalue weighted by molar-refractivity contribution is 6.30. The minimum Gasteiger partial charge on any atom is -0.492 e. The van der Waals surface area contributed by atoms with Gasteiger partial charge in [-0.25, -0.2) is 0 Å². The summed E-state index contributed by atoms with van der Waals surface area (Å²) in [7, 11) is 0. The van der Waals surface area contributed by atoms with E-state index in [0.29, 0.717) is 17.0 Å². The Balaban J connectivity index is 1.66. The number of rotatable bonds is 2. The SMILES string of the molecule is Oc1nn(C2CN3CCC2CC3)cc1-c1ccc(Cl)cc1. The molecule has 1 unspecified atom stereocenters. The molecule has 3 saturated heterocycles. The summed E-state index contributed by atoms with van der Waals surface area (Å²) in [5, 5.41) is 15.2. The molecule has 4 heterocycles. The molecule has 5 heteroatoms. The third kappa shape index (κ3) is 2.32. The fraction of sp³-hybridized carbons (Fsp3) is 0.438. The molecule has 1 N–H and O–H groups in total. The molecular weight excluding hydrogens is 286 g/mol. The van der Waals surface area contributed by atoms with Gasteiger partial charge in [-0.2, -0.15) is 0 Å². The minimum absolute atomic E-state index is 0.105. The van der Waals surface area contributed by atoms with E-state index in [1.165, 1.54) is 25.9 Å². The second-order valence-electron chi connectivity index (χ2n) is 6.06. The van der Waals surface area contributed by atoms with Crippen molar-refractivity contribution >= 4 is 11.6 Å². The Morgan fingerprint density at radius 3 is 2.48 bits per heavy atom. The molecule has 4 nitrogen and oxygen atoms in total. The molecule has 0 spiro atoms. The molecule has 0 radical (unpaired) electrons. The highest BCUT2D eigenvalue weighted by Gasteiger charge is 2.36. The normalized spacial score (nSPS) is 28.0. The number of halogens is 1. The van der Waals surface area contributed by atoms with Crippen LogP contribution < -0.4 is 0 Å². The van der Waals surface area contributed by atoms with Crippen LogP contribution in [0.5, 0.6) is 5.88 Å². The minimum atomic E-state index is 0.105. The van der Waals surface area contributed by atoms with E-state index in [-0.39, 0.29) is 5.88 Å². The average Bonchev–Trinajstić information content (AvgIpc) is 2.91. The van der Waals surface area contributed by atoms with Crippen LogP contribution in [-0.4, -0.2) is 39.4 Å². The van der Waals surface area contributed by atoms with Crippen molar-refractivity contribution in [2.45, 2.75) is 18.9 Å². The summed E-state index contributed by atoms with van der Waals surface area (Å²) >= 11 is 5.92. The highest BCUT2D eigenvalue weighted by Crippen LogP contribution is 2.37. The van der Waals surface area contributed by atoms with Gasteiger partial charge in [0.25, 0.3) is 0 Å². The second-order valence-corrected chi connectivity index (χ2v) is 6.50. The fourth-order valence-corrected chi connectivity index (χ4v) is 3.74. The Morgan fingerprint density at radius 1 is 1.14 bits per heavy atom. The van der Waals surface area contributed by atoms with E-state index >= 15 is 0 Å². The van der Waals surface area contributed by atoms with E-state index in [2.05, 4.69) is 10.00 Å². The quantitative estimate of drug-likeness (QED) is 0.926. The molecule has 3 aliphatic heterocycles. The molecule has 3 fully saturated rings.